The van der Waals surface area contributed by atoms with Crippen LogP contribution in [0.1, 0.15) is 39.5 Å². The summed E-state index contributed by atoms with van der Waals surface area (Å²) in [7, 11) is 0. The Morgan fingerprint density at radius 1 is 1.46 bits per heavy atom. The van der Waals surface area contributed by atoms with Crippen molar-refractivity contribution in [2.45, 2.75) is 45.6 Å². The molecule has 0 spiro atoms. The summed E-state index contributed by atoms with van der Waals surface area (Å²) in [6.45, 7) is 4.84. The molecule has 2 nitrogen and oxygen atoms in total. The third-order valence-electron chi connectivity index (χ3n) is 3.06. The van der Waals surface area contributed by atoms with Crippen molar-refractivity contribution in [1.82, 2.24) is 0 Å². The van der Waals surface area contributed by atoms with Gasteiger partial charge in [-0.1, -0.05) is 19.8 Å². The Morgan fingerprint density at radius 3 is 2.69 bits per heavy atom. The molecule has 0 aromatic rings. The van der Waals surface area contributed by atoms with Crippen LogP contribution in [0.2, 0.25) is 0 Å². The van der Waals surface area contributed by atoms with Crippen LogP contribution in [-0.2, 0) is 4.74 Å². The molecule has 0 aromatic carbocycles. The number of hydrogen-bond donors (Lipinski definition) is 0. The number of nitrogens with zero attached hydrogens (tertiary/aromatic N) is 1. The first-order valence-electron chi connectivity index (χ1n) is 5.33. The standard InChI is InChI=1S/C11H19NO/c1-3-9-5-6-10(7-9)11(8-12)13-4-2/h9-11H,3-7H2,1-2H3. The van der Waals surface area contributed by atoms with Crippen LogP contribution in [-0.4, -0.2) is 12.7 Å². The topological polar surface area (TPSA) is 33.0 Å². The van der Waals surface area contributed by atoms with E-state index in [0.717, 1.165) is 5.92 Å². The summed E-state index contributed by atoms with van der Waals surface area (Å²) >= 11 is 0. The number of rotatable bonds is 4. The zero-order valence-electron chi connectivity index (χ0n) is 8.62. The van der Waals surface area contributed by atoms with Gasteiger partial charge in [0.05, 0.1) is 6.07 Å². The fourth-order valence-corrected chi connectivity index (χ4v) is 2.22. The molecule has 2 heteroatoms. The Labute approximate surface area is 80.9 Å². The van der Waals surface area contributed by atoms with Gasteiger partial charge in [-0.3, -0.25) is 0 Å². The van der Waals surface area contributed by atoms with E-state index in [9.17, 15) is 0 Å². The minimum Gasteiger partial charge on any atom is -0.363 e. The zero-order valence-corrected chi connectivity index (χ0v) is 8.62. The molecule has 3 unspecified atom stereocenters. The van der Waals surface area contributed by atoms with E-state index < -0.39 is 0 Å². The van der Waals surface area contributed by atoms with Crippen molar-refractivity contribution in [1.29, 1.82) is 5.26 Å². The van der Waals surface area contributed by atoms with Crippen molar-refractivity contribution in [2.24, 2.45) is 11.8 Å². The van der Waals surface area contributed by atoms with Crippen molar-refractivity contribution in [3.8, 4) is 6.07 Å². The Hall–Kier alpha value is -0.550. The van der Waals surface area contributed by atoms with Crippen molar-refractivity contribution in [3.05, 3.63) is 0 Å². The van der Waals surface area contributed by atoms with Gasteiger partial charge in [0.1, 0.15) is 6.10 Å². The van der Waals surface area contributed by atoms with Crippen LogP contribution < -0.4 is 0 Å². The Balaban J connectivity index is 2.39. The van der Waals surface area contributed by atoms with Crippen molar-refractivity contribution >= 4 is 0 Å². The minimum atomic E-state index is -0.151. The molecular weight excluding hydrogens is 162 g/mol. The van der Waals surface area contributed by atoms with Gasteiger partial charge < -0.3 is 4.74 Å². The van der Waals surface area contributed by atoms with Crippen molar-refractivity contribution in [3.63, 3.8) is 0 Å². The highest BCUT2D eigenvalue weighted by Crippen LogP contribution is 2.35. The molecule has 1 fully saturated rings. The van der Waals surface area contributed by atoms with E-state index in [1.807, 2.05) is 6.92 Å². The lowest BCUT2D eigenvalue weighted by molar-refractivity contribution is 0.0593. The van der Waals surface area contributed by atoms with Gasteiger partial charge in [0.15, 0.2) is 0 Å². The summed E-state index contributed by atoms with van der Waals surface area (Å²) in [4.78, 5) is 0. The van der Waals surface area contributed by atoms with Crippen LogP contribution in [0.15, 0.2) is 0 Å². The molecule has 0 heterocycles. The van der Waals surface area contributed by atoms with Gasteiger partial charge in [-0.2, -0.15) is 5.26 Å². The van der Waals surface area contributed by atoms with Gasteiger partial charge in [-0.25, -0.2) is 0 Å². The van der Waals surface area contributed by atoms with E-state index in [2.05, 4.69) is 13.0 Å². The highest BCUT2D eigenvalue weighted by molar-refractivity contribution is 4.93. The summed E-state index contributed by atoms with van der Waals surface area (Å²) in [6.07, 6.45) is 4.75. The molecule has 74 valence electrons. The smallest absolute Gasteiger partial charge is 0.146 e. The van der Waals surface area contributed by atoms with Gasteiger partial charge in [0, 0.05) is 6.61 Å². The number of ether oxygens (including phenoxy) is 1. The molecule has 0 N–H and O–H groups in total. The average molecular weight is 181 g/mol. The first kappa shape index (κ1) is 10.5. The lowest BCUT2D eigenvalue weighted by Crippen LogP contribution is -2.20. The lowest BCUT2D eigenvalue weighted by Gasteiger charge is -2.16. The van der Waals surface area contributed by atoms with Crippen molar-refractivity contribution in [2.75, 3.05) is 6.61 Å². The molecule has 0 aliphatic heterocycles. The molecule has 1 saturated carbocycles. The third kappa shape index (κ3) is 2.70. The fourth-order valence-electron chi connectivity index (χ4n) is 2.22. The van der Waals surface area contributed by atoms with Crippen LogP contribution >= 0.6 is 0 Å². The van der Waals surface area contributed by atoms with Crippen LogP contribution in [0, 0.1) is 23.2 Å². The summed E-state index contributed by atoms with van der Waals surface area (Å²) in [5.41, 5.74) is 0. The SMILES string of the molecule is CCOC(C#N)C1CCC(CC)C1. The number of hydrogen-bond acceptors (Lipinski definition) is 2. The van der Waals surface area contributed by atoms with E-state index in [0.29, 0.717) is 12.5 Å². The highest BCUT2D eigenvalue weighted by atomic mass is 16.5. The molecule has 1 aliphatic rings. The maximum absolute atomic E-state index is 8.90. The summed E-state index contributed by atoms with van der Waals surface area (Å²) in [5, 5.41) is 8.90. The lowest BCUT2D eigenvalue weighted by atomic mass is 9.98. The quantitative estimate of drug-likeness (QED) is 0.668. The van der Waals surface area contributed by atoms with Gasteiger partial charge in [0.2, 0.25) is 0 Å². The molecule has 13 heavy (non-hydrogen) atoms. The first-order chi connectivity index (χ1) is 6.31. The van der Waals surface area contributed by atoms with Crippen LogP contribution in [0.5, 0.6) is 0 Å². The fraction of sp³-hybridized carbons (Fsp3) is 0.909. The molecule has 1 rings (SSSR count). The van der Waals surface area contributed by atoms with Gasteiger partial charge in [-0.15, -0.1) is 0 Å². The van der Waals surface area contributed by atoms with E-state index in [1.165, 1.54) is 25.7 Å². The van der Waals surface area contributed by atoms with E-state index in [1.54, 1.807) is 0 Å². The summed E-state index contributed by atoms with van der Waals surface area (Å²) in [5.74, 6) is 1.33. The van der Waals surface area contributed by atoms with Crippen LogP contribution in [0.25, 0.3) is 0 Å². The molecule has 0 bridgehead atoms. The number of nitriles is 1. The molecule has 1 aliphatic carbocycles. The maximum atomic E-state index is 8.90. The third-order valence-corrected chi connectivity index (χ3v) is 3.06. The molecular formula is C11H19NO. The second-order valence-corrected chi connectivity index (χ2v) is 3.85. The average Bonchev–Trinajstić information content (AvgIpc) is 2.62. The first-order valence-corrected chi connectivity index (χ1v) is 5.33. The van der Waals surface area contributed by atoms with Gasteiger partial charge in [-0.05, 0) is 31.6 Å². The Bertz CT molecular complexity index is 185. The maximum Gasteiger partial charge on any atom is 0.146 e. The van der Waals surface area contributed by atoms with Gasteiger partial charge in [0.25, 0.3) is 0 Å². The van der Waals surface area contributed by atoms with Crippen LogP contribution in [0.4, 0.5) is 0 Å². The molecule has 0 aromatic heterocycles. The van der Waals surface area contributed by atoms with Gasteiger partial charge >= 0.3 is 0 Å². The van der Waals surface area contributed by atoms with E-state index in [-0.39, 0.29) is 6.10 Å². The van der Waals surface area contributed by atoms with Crippen molar-refractivity contribution < 1.29 is 4.74 Å². The monoisotopic (exact) mass is 181 g/mol. The molecule has 0 saturated heterocycles. The van der Waals surface area contributed by atoms with Crippen LogP contribution in [0.3, 0.4) is 0 Å². The Kier molecular flexibility index (Phi) is 4.24. The van der Waals surface area contributed by atoms with E-state index >= 15 is 0 Å². The normalized spacial score (nSPS) is 29.9. The largest absolute Gasteiger partial charge is 0.363 e. The molecule has 0 amide bonds. The minimum absolute atomic E-state index is 0.151. The second-order valence-electron chi connectivity index (χ2n) is 3.85. The Morgan fingerprint density at radius 2 is 2.23 bits per heavy atom. The summed E-state index contributed by atoms with van der Waals surface area (Å²) in [6, 6.07) is 2.27. The molecule has 3 atom stereocenters. The molecule has 0 radical (unpaired) electrons. The van der Waals surface area contributed by atoms with E-state index in [4.69, 9.17) is 10.00 Å². The summed E-state index contributed by atoms with van der Waals surface area (Å²) < 4.78 is 5.41. The zero-order chi connectivity index (χ0) is 9.68. The predicted octanol–water partition coefficient (Wildman–Crippen LogP) is 2.74. The highest BCUT2D eigenvalue weighted by Gasteiger charge is 2.30. The predicted molar refractivity (Wildman–Crippen MR) is 52.1 cm³/mol. The second kappa shape index (κ2) is 5.24.